The Bertz CT molecular complexity index is 8990. The summed E-state index contributed by atoms with van der Waals surface area (Å²) in [4.78, 5) is 4.76. The molecule has 606 valence electrons. The zero-order valence-corrected chi connectivity index (χ0v) is 70.6. The van der Waals surface area contributed by atoms with Crippen LogP contribution >= 0.6 is 0 Å². The molecule has 0 radical (unpaired) electrons. The number of fused-ring (bicyclic) bond motifs is 18. The third-order valence-electron chi connectivity index (χ3n) is 26.9. The Morgan fingerprint density at radius 3 is 0.877 bits per heavy atom. The van der Waals surface area contributed by atoms with Gasteiger partial charge in [-0.15, -0.1) is 0 Å². The van der Waals surface area contributed by atoms with Crippen LogP contribution in [0.3, 0.4) is 0 Å². The average Bonchev–Trinajstić information content (AvgIpc) is 1.57. The molecule has 0 amide bonds. The van der Waals surface area contributed by atoms with Crippen LogP contribution in [-0.4, -0.2) is 9.13 Å². The van der Waals surface area contributed by atoms with Crippen LogP contribution in [0.1, 0.15) is 0 Å². The molecule has 26 rings (SSSR count). The predicted octanol–water partition coefficient (Wildman–Crippen LogP) is 34.9. The Hall–Kier alpha value is -17.3. The number of nitrogens with zero attached hydrogens (tertiary/aromatic N) is 4. The van der Waals surface area contributed by atoms with Crippen molar-refractivity contribution in [3.8, 4) is 89.3 Å². The van der Waals surface area contributed by atoms with E-state index in [4.69, 9.17) is 8.83 Å². The van der Waals surface area contributed by atoms with Crippen LogP contribution in [-0.2, 0) is 0 Å². The van der Waals surface area contributed by atoms with Crippen molar-refractivity contribution in [3.05, 3.63) is 473 Å². The Balaban J connectivity index is 0.516. The molecule has 0 unspecified atom stereocenters. The first-order valence-electron chi connectivity index (χ1n) is 44.5. The molecule has 0 atom stereocenters. The van der Waals surface area contributed by atoms with Gasteiger partial charge in [-0.1, -0.05) is 309 Å². The van der Waals surface area contributed by atoms with Gasteiger partial charge in [-0.2, -0.15) is 0 Å². The van der Waals surface area contributed by atoms with Gasteiger partial charge < -0.3 is 27.8 Å². The zero-order valence-electron chi connectivity index (χ0n) is 70.6. The highest BCUT2D eigenvalue weighted by atomic mass is 16.3. The predicted molar refractivity (Wildman–Crippen MR) is 547 cm³/mol. The summed E-state index contributed by atoms with van der Waals surface area (Å²) in [7, 11) is 0. The topological polar surface area (TPSA) is 42.6 Å². The van der Waals surface area contributed by atoms with E-state index in [1.807, 2.05) is 24.3 Å². The third kappa shape index (κ3) is 12.5. The van der Waals surface area contributed by atoms with E-state index in [1.54, 1.807) is 0 Å². The summed E-state index contributed by atoms with van der Waals surface area (Å²) in [5, 5.41) is 19.2. The lowest BCUT2D eigenvalue weighted by Gasteiger charge is -2.26. The van der Waals surface area contributed by atoms with Gasteiger partial charge in [0.05, 0.1) is 33.4 Å². The summed E-state index contributed by atoms with van der Waals surface area (Å²) in [6, 6.07) is 173. The molecule has 0 saturated heterocycles. The number of para-hydroxylation sites is 7. The Morgan fingerprint density at radius 2 is 0.431 bits per heavy atom. The fraction of sp³-hybridized carbons (Fsp3) is 0. The summed E-state index contributed by atoms with van der Waals surface area (Å²) in [6.07, 6.45) is 0. The second-order valence-electron chi connectivity index (χ2n) is 34.2. The molecule has 0 saturated carbocycles. The van der Waals surface area contributed by atoms with Gasteiger partial charge in [0.2, 0.25) is 0 Å². The highest BCUT2D eigenvalue weighted by Crippen LogP contribution is 2.47. The molecule has 0 aliphatic rings. The van der Waals surface area contributed by atoms with Gasteiger partial charge in [0.15, 0.2) is 0 Å². The molecule has 0 aliphatic carbocycles. The van der Waals surface area contributed by atoms with Crippen molar-refractivity contribution in [2.24, 2.45) is 0 Å². The molecule has 26 aromatic rings. The molecule has 22 aromatic carbocycles. The van der Waals surface area contributed by atoms with Crippen molar-refractivity contribution >= 4 is 165 Å². The molecule has 0 bridgehead atoms. The van der Waals surface area contributed by atoms with Crippen molar-refractivity contribution < 1.29 is 8.83 Å². The third-order valence-corrected chi connectivity index (χ3v) is 26.9. The molecule has 130 heavy (non-hydrogen) atoms. The molecule has 0 N–H and O–H groups in total. The molecule has 6 nitrogen and oxygen atoms in total. The van der Waals surface area contributed by atoms with E-state index >= 15 is 0 Å². The zero-order chi connectivity index (χ0) is 85.4. The maximum Gasteiger partial charge on any atom is 0.136 e. The minimum absolute atomic E-state index is 0.881. The summed E-state index contributed by atoms with van der Waals surface area (Å²) < 4.78 is 17.7. The maximum absolute atomic E-state index is 6.39. The quantitative estimate of drug-likeness (QED) is 0.0960. The van der Waals surface area contributed by atoms with Crippen molar-refractivity contribution in [2.75, 3.05) is 9.80 Å². The van der Waals surface area contributed by atoms with Crippen LogP contribution in [0.5, 0.6) is 0 Å². The number of hydrogen-bond donors (Lipinski definition) is 0. The molecule has 6 heteroatoms. The summed E-state index contributed by atoms with van der Waals surface area (Å²) in [5.41, 5.74) is 32.6. The van der Waals surface area contributed by atoms with E-state index in [0.717, 1.165) is 173 Å². The van der Waals surface area contributed by atoms with Crippen LogP contribution in [0.15, 0.2) is 482 Å². The number of furan rings is 2. The van der Waals surface area contributed by atoms with Crippen LogP contribution < -0.4 is 9.80 Å². The van der Waals surface area contributed by atoms with Crippen LogP contribution in [0.25, 0.3) is 220 Å². The fourth-order valence-corrected chi connectivity index (χ4v) is 20.6. The first-order chi connectivity index (χ1) is 64.4. The number of aromatic nitrogens is 2. The molecule has 4 heterocycles. The van der Waals surface area contributed by atoms with Crippen LogP contribution in [0, 0.1) is 0 Å². The van der Waals surface area contributed by atoms with Gasteiger partial charge in [-0.25, -0.2) is 0 Å². The largest absolute Gasteiger partial charge is 0.456 e. The average molecular weight is 1660 g/mol. The lowest BCUT2D eigenvalue weighted by Crippen LogP contribution is -2.10. The van der Waals surface area contributed by atoms with Gasteiger partial charge >= 0.3 is 0 Å². The van der Waals surface area contributed by atoms with Gasteiger partial charge in [0, 0.05) is 88.3 Å². The van der Waals surface area contributed by atoms with E-state index in [-0.39, 0.29) is 0 Å². The Labute approximate surface area is 749 Å². The standard InChI is InChI=1S/C124H78N4O2/c1-2-21-101-82(18-1)36-37-92-72-86(50-66-102(92)101)79-40-56-95(57-41-79)125(96-58-42-80(43-59-96)90-54-70-113-111-27-8-15-34-121(111)129-123(113)77-90)97-62-46-84(47-63-97)106-23-4-11-30-116(106)128-119-33-14-7-26-109(119)110-69-53-89(76-120(110)128)88-52-68-104-94(74-88)39-38-93-73-87(51-67-103(93)104)85-19-17-20-100(75-85)126(98-60-44-81(45-61-98)91-55-71-114-112-28-9-16-35-122(112)130-124(114)78-91)99-64-48-83(49-65-99)105-22-3-10-29-115(105)127-117-31-12-5-24-107(117)108-25-6-13-32-118(108)127/h1-78H. The highest BCUT2D eigenvalue weighted by Gasteiger charge is 2.24. The normalized spacial score (nSPS) is 11.8. The van der Waals surface area contributed by atoms with Crippen LogP contribution in [0.2, 0.25) is 0 Å². The maximum atomic E-state index is 6.39. The highest BCUT2D eigenvalue weighted by molar-refractivity contribution is 6.15. The van der Waals surface area contributed by atoms with Gasteiger partial charge in [-0.3, -0.25) is 0 Å². The Kier molecular flexibility index (Phi) is 17.2. The summed E-state index contributed by atoms with van der Waals surface area (Å²) in [5.74, 6) is 0. The Morgan fingerprint density at radius 1 is 0.146 bits per heavy atom. The van der Waals surface area contributed by atoms with Crippen molar-refractivity contribution in [3.63, 3.8) is 0 Å². The summed E-state index contributed by atoms with van der Waals surface area (Å²) >= 11 is 0. The van der Waals surface area contributed by atoms with E-state index in [1.165, 1.54) is 81.2 Å². The molecular formula is C124H78N4O2. The fourth-order valence-electron chi connectivity index (χ4n) is 20.6. The molecule has 4 aromatic heterocycles. The molecule has 0 spiro atoms. The monoisotopic (exact) mass is 1650 g/mol. The van der Waals surface area contributed by atoms with Gasteiger partial charge in [-0.05, 0) is 274 Å². The van der Waals surface area contributed by atoms with Crippen LogP contribution in [0.4, 0.5) is 34.1 Å². The first-order valence-corrected chi connectivity index (χ1v) is 44.5. The van der Waals surface area contributed by atoms with Crippen molar-refractivity contribution in [1.29, 1.82) is 0 Å². The summed E-state index contributed by atoms with van der Waals surface area (Å²) in [6.45, 7) is 0. The molecule has 0 fully saturated rings. The molecular weight excluding hydrogens is 1580 g/mol. The SMILES string of the molecule is c1cc(-c2ccc3c(ccc4cc(-c5ccc6c7ccccc7n(-c7ccccc7-c7ccc(N(c8ccc(-c9ccc%10c(ccc%11ccccc%11%10)c9)cc8)c8ccc(-c9ccc%10c(c9)oc9ccccc9%10)cc8)cc7)c6c5)ccc43)c2)cc(N(c2ccc(-c3ccc4c(c3)oc3ccccc34)cc2)c2ccc(-c3ccccc3-n3c4ccccc4c4ccccc43)cc2)c1. The van der Waals surface area contributed by atoms with Crippen molar-refractivity contribution in [1.82, 2.24) is 9.13 Å². The van der Waals surface area contributed by atoms with E-state index in [2.05, 4.69) is 468 Å². The smallest absolute Gasteiger partial charge is 0.136 e. The minimum Gasteiger partial charge on any atom is -0.456 e. The number of hydrogen-bond acceptors (Lipinski definition) is 4. The lowest BCUT2D eigenvalue weighted by atomic mass is 9.94. The van der Waals surface area contributed by atoms with Gasteiger partial charge in [0.1, 0.15) is 22.3 Å². The van der Waals surface area contributed by atoms with E-state index < -0.39 is 0 Å². The molecule has 0 aliphatic heterocycles. The van der Waals surface area contributed by atoms with E-state index in [9.17, 15) is 0 Å². The second-order valence-corrected chi connectivity index (χ2v) is 34.2. The second kappa shape index (κ2) is 30.2. The van der Waals surface area contributed by atoms with Gasteiger partial charge in [0.25, 0.3) is 0 Å². The number of rotatable bonds is 15. The number of benzene rings is 22. The first kappa shape index (κ1) is 74.1. The number of anilines is 6. The van der Waals surface area contributed by atoms with Crippen molar-refractivity contribution in [2.45, 2.75) is 0 Å². The minimum atomic E-state index is 0.881. The lowest BCUT2D eigenvalue weighted by molar-refractivity contribution is 0.668. The van der Waals surface area contributed by atoms with E-state index in [0.29, 0.717) is 0 Å².